The molecule has 0 saturated carbocycles. The van der Waals surface area contributed by atoms with E-state index >= 15 is 0 Å². The summed E-state index contributed by atoms with van der Waals surface area (Å²) in [7, 11) is 0. The SMILES string of the molecule is [c]1nnc(CN2CCOCC2)o1. The molecule has 5 heteroatoms. The molecule has 1 saturated heterocycles. The molecule has 1 aliphatic rings. The van der Waals surface area contributed by atoms with Gasteiger partial charge >= 0.3 is 6.39 Å². The van der Waals surface area contributed by atoms with Crippen LogP contribution in [-0.4, -0.2) is 41.4 Å². The fourth-order valence-corrected chi connectivity index (χ4v) is 1.18. The first-order chi connectivity index (χ1) is 5.95. The lowest BCUT2D eigenvalue weighted by Crippen LogP contribution is -2.35. The van der Waals surface area contributed by atoms with Crippen LogP contribution in [0.25, 0.3) is 0 Å². The van der Waals surface area contributed by atoms with Crippen molar-refractivity contribution in [3.8, 4) is 0 Å². The summed E-state index contributed by atoms with van der Waals surface area (Å²) in [6.45, 7) is 4.15. The molecule has 0 spiro atoms. The second-order valence-corrected chi connectivity index (χ2v) is 2.68. The molecule has 1 aliphatic heterocycles. The van der Waals surface area contributed by atoms with Gasteiger partial charge in [0.2, 0.25) is 5.89 Å². The van der Waals surface area contributed by atoms with E-state index in [1.165, 1.54) is 0 Å². The van der Waals surface area contributed by atoms with Crippen molar-refractivity contribution in [2.75, 3.05) is 26.3 Å². The van der Waals surface area contributed by atoms with Crippen molar-refractivity contribution in [3.63, 3.8) is 0 Å². The van der Waals surface area contributed by atoms with Gasteiger partial charge in [-0.15, -0.1) is 10.2 Å². The fraction of sp³-hybridized carbons (Fsp3) is 0.714. The van der Waals surface area contributed by atoms with Crippen LogP contribution in [0.5, 0.6) is 0 Å². The van der Waals surface area contributed by atoms with Gasteiger partial charge in [0.05, 0.1) is 19.8 Å². The first kappa shape index (κ1) is 7.70. The van der Waals surface area contributed by atoms with Gasteiger partial charge in [-0.2, -0.15) is 0 Å². The molecule has 0 unspecified atom stereocenters. The molecule has 0 N–H and O–H groups in total. The normalized spacial score (nSPS) is 19.7. The van der Waals surface area contributed by atoms with Crippen LogP contribution in [-0.2, 0) is 11.3 Å². The number of hydrogen-bond donors (Lipinski definition) is 0. The molecule has 0 aliphatic carbocycles. The van der Waals surface area contributed by atoms with Gasteiger partial charge in [0.25, 0.3) is 0 Å². The molecule has 12 heavy (non-hydrogen) atoms. The van der Waals surface area contributed by atoms with E-state index in [4.69, 9.17) is 9.15 Å². The van der Waals surface area contributed by atoms with Gasteiger partial charge in [0.15, 0.2) is 0 Å². The maximum atomic E-state index is 5.20. The first-order valence-corrected chi connectivity index (χ1v) is 3.94. The predicted octanol–water partition coefficient (Wildman–Crippen LogP) is -0.298. The van der Waals surface area contributed by atoms with Gasteiger partial charge in [-0.05, 0) is 0 Å². The zero-order chi connectivity index (χ0) is 8.23. The second-order valence-electron chi connectivity index (χ2n) is 2.68. The van der Waals surface area contributed by atoms with Crippen molar-refractivity contribution >= 4 is 0 Å². The molecule has 1 radical (unpaired) electrons. The number of nitrogens with zero attached hydrogens (tertiary/aromatic N) is 3. The Hall–Kier alpha value is -0.940. The van der Waals surface area contributed by atoms with E-state index in [-0.39, 0.29) is 0 Å². The lowest BCUT2D eigenvalue weighted by Gasteiger charge is -2.24. The van der Waals surface area contributed by atoms with Crippen LogP contribution in [0.3, 0.4) is 0 Å². The quantitative estimate of drug-likeness (QED) is 0.607. The first-order valence-electron chi connectivity index (χ1n) is 3.94. The van der Waals surface area contributed by atoms with Gasteiger partial charge in [0, 0.05) is 13.1 Å². The van der Waals surface area contributed by atoms with E-state index in [2.05, 4.69) is 21.5 Å². The van der Waals surface area contributed by atoms with Crippen LogP contribution in [0, 0.1) is 6.39 Å². The molecule has 0 bridgehead atoms. The molecule has 0 aromatic carbocycles. The molecule has 2 heterocycles. The van der Waals surface area contributed by atoms with Crippen LogP contribution in [0.2, 0.25) is 0 Å². The average molecular weight is 168 g/mol. The Kier molecular flexibility index (Phi) is 2.33. The highest BCUT2D eigenvalue weighted by molar-refractivity contribution is 4.74. The van der Waals surface area contributed by atoms with Crippen LogP contribution in [0.1, 0.15) is 5.89 Å². The van der Waals surface area contributed by atoms with Gasteiger partial charge < -0.3 is 9.15 Å². The Morgan fingerprint density at radius 3 is 2.92 bits per heavy atom. The van der Waals surface area contributed by atoms with Crippen LogP contribution < -0.4 is 0 Å². The monoisotopic (exact) mass is 168 g/mol. The van der Waals surface area contributed by atoms with Crippen molar-refractivity contribution in [1.82, 2.24) is 15.1 Å². The van der Waals surface area contributed by atoms with Crippen LogP contribution >= 0.6 is 0 Å². The zero-order valence-electron chi connectivity index (χ0n) is 6.69. The van der Waals surface area contributed by atoms with E-state index in [0.717, 1.165) is 26.3 Å². The summed E-state index contributed by atoms with van der Waals surface area (Å²) in [4.78, 5) is 2.21. The zero-order valence-corrected chi connectivity index (χ0v) is 6.69. The van der Waals surface area contributed by atoms with E-state index in [0.29, 0.717) is 12.4 Å². The predicted molar refractivity (Wildman–Crippen MR) is 39.2 cm³/mol. The highest BCUT2D eigenvalue weighted by Crippen LogP contribution is 2.02. The molecule has 1 aromatic heterocycles. The summed E-state index contributed by atoms with van der Waals surface area (Å²) < 4.78 is 10.1. The van der Waals surface area contributed by atoms with Gasteiger partial charge in [-0.25, -0.2) is 0 Å². The smallest absolute Gasteiger partial charge is 0.305 e. The number of aromatic nitrogens is 2. The lowest BCUT2D eigenvalue weighted by molar-refractivity contribution is 0.0305. The molecule has 1 fully saturated rings. The third kappa shape index (κ3) is 1.80. The Labute approximate surface area is 70.3 Å². The molecule has 2 rings (SSSR count). The summed E-state index contributed by atoms with van der Waals surface area (Å²) >= 11 is 0. The maximum absolute atomic E-state index is 5.20. The summed E-state index contributed by atoms with van der Waals surface area (Å²) in [5, 5.41) is 7.24. The van der Waals surface area contributed by atoms with Crippen molar-refractivity contribution in [2.24, 2.45) is 0 Å². The van der Waals surface area contributed by atoms with E-state index in [1.807, 2.05) is 0 Å². The highest BCUT2D eigenvalue weighted by atomic mass is 16.5. The Bertz CT molecular complexity index is 219. The largest absolute Gasteiger partial charge is 0.416 e. The molecular formula is C7H10N3O2. The standard InChI is InChI=1S/C7H10N3O2/c1-3-11-4-2-10(1)5-7-9-8-6-12-7/h1-5H2. The van der Waals surface area contributed by atoms with Gasteiger partial charge in [-0.1, -0.05) is 0 Å². The number of rotatable bonds is 2. The minimum absolute atomic E-state index is 0.622. The van der Waals surface area contributed by atoms with E-state index in [9.17, 15) is 0 Å². The lowest BCUT2D eigenvalue weighted by atomic mass is 10.4. The van der Waals surface area contributed by atoms with Crippen molar-refractivity contribution < 1.29 is 9.15 Å². The van der Waals surface area contributed by atoms with Crippen molar-refractivity contribution in [3.05, 3.63) is 12.3 Å². The molecule has 0 atom stereocenters. The third-order valence-electron chi connectivity index (χ3n) is 1.83. The third-order valence-corrected chi connectivity index (χ3v) is 1.83. The maximum Gasteiger partial charge on any atom is 0.305 e. The Morgan fingerprint density at radius 2 is 2.25 bits per heavy atom. The number of morpholine rings is 1. The Morgan fingerprint density at radius 1 is 1.42 bits per heavy atom. The molecule has 5 nitrogen and oxygen atoms in total. The Balaban J connectivity index is 1.86. The summed E-state index contributed by atoms with van der Waals surface area (Å²) in [5.41, 5.74) is 0. The summed E-state index contributed by atoms with van der Waals surface area (Å²) in [6.07, 6.45) is 2.33. The van der Waals surface area contributed by atoms with E-state index in [1.54, 1.807) is 0 Å². The van der Waals surface area contributed by atoms with Crippen LogP contribution in [0.4, 0.5) is 0 Å². The summed E-state index contributed by atoms with van der Waals surface area (Å²) in [5.74, 6) is 0.622. The van der Waals surface area contributed by atoms with Crippen LogP contribution in [0.15, 0.2) is 4.42 Å². The minimum atomic E-state index is 0.622. The topological polar surface area (TPSA) is 51.4 Å². The van der Waals surface area contributed by atoms with Crippen molar-refractivity contribution in [1.29, 1.82) is 0 Å². The van der Waals surface area contributed by atoms with Crippen molar-refractivity contribution in [2.45, 2.75) is 6.54 Å². The fourth-order valence-electron chi connectivity index (χ4n) is 1.18. The minimum Gasteiger partial charge on any atom is -0.416 e. The summed E-state index contributed by atoms with van der Waals surface area (Å²) in [6, 6.07) is 0. The molecule has 65 valence electrons. The van der Waals surface area contributed by atoms with Gasteiger partial charge in [-0.3, -0.25) is 4.90 Å². The average Bonchev–Trinajstić information content (AvgIpc) is 2.59. The number of hydrogen-bond acceptors (Lipinski definition) is 5. The highest BCUT2D eigenvalue weighted by Gasteiger charge is 2.12. The number of ether oxygens (including phenoxy) is 1. The molecular weight excluding hydrogens is 158 g/mol. The van der Waals surface area contributed by atoms with Gasteiger partial charge in [0.1, 0.15) is 0 Å². The molecule has 0 amide bonds. The second kappa shape index (κ2) is 3.64. The van der Waals surface area contributed by atoms with E-state index < -0.39 is 0 Å². The molecule has 1 aromatic rings.